The van der Waals surface area contributed by atoms with Crippen LogP contribution in [0, 0.1) is 0 Å². The van der Waals surface area contributed by atoms with Gasteiger partial charge in [-0.15, -0.1) is 0 Å². The van der Waals surface area contributed by atoms with E-state index in [0.717, 1.165) is 29.7 Å². The van der Waals surface area contributed by atoms with Crippen molar-refractivity contribution in [3.8, 4) is 5.75 Å². The Morgan fingerprint density at radius 3 is 2.42 bits per heavy atom. The summed E-state index contributed by atoms with van der Waals surface area (Å²) in [5.74, 6) is 0.288. The highest BCUT2D eigenvalue weighted by molar-refractivity contribution is 5.74. The van der Waals surface area contributed by atoms with Gasteiger partial charge in [-0.3, -0.25) is 0 Å². The van der Waals surface area contributed by atoms with Crippen LogP contribution in [0.4, 0.5) is 0 Å². The molecule has 0 radical (unpaired) electrons. The van der Waals surface area contributed by atoms with Crippen LogP contribution in [0.25, 0.3) is 0 Å². The van der Waals surface area contributed by atoms with Crippen molar-refractivity contribution in [2.45, 2.75) is 38.9 Å². The van der Waals surface area contributed by atoms with Crippen molar-refractivity contribution in [2.24, 2.45) is 0 Å². The van der Waals surface area contributed by atoms with Crippen LogP contribution in [0.1, 0.15) is 30.9 Å². The summed E-state index contributed by atoms with van der Waals surface area (Å²) in [6.45, 7) is 2.57. The monoisotopic (exact) mass is 328 g/mol. The van der Waals surface area contributed by atoms with Gasteiger partial charge >= 0.3 is 5.97 Å². The highest BCUT2D eigenvalue weighted by atomic mass is 16.5. The van der Waals surface area contributed by atoms with Crippen LogP contribution in [0.3, 0.4) is 0 Å². The lowest BCUT2D eigenvalue weighted by Crippen LogP contribution is -2.23. The number of benzene rings is 2. The Kier molecular flexibility index (Phi) is 7.30. The van der Waals surface area contributed by atoms with E-state index in [2.05, 4.69) is 0 Å². The summed E-state index contributed by atoms with van der Waals surface area (Å²) in [6.07, 6.45) is 0.906. The zero-order chi connectivity index (χ0) is 17.2. The van der Waals surface area contributed by atoms with Crippen LogP contribution in [-0.4, -0.2) is 23.8 Å². The number of aryl methyl sites for hydroxylation is 1. The first-order chi connectivity index (χ1) is 11.7. The van der Waals surface area contributed by atoms with Crippen molar-refractivity contribution in [1.82, 2.24) is 0 Å². The maximum atomic E-state index is 11.3. The molecule has 0 aliphatic carbocycles. The van der Waals surface area contributed by atoms with E-state index in [9.17, 15) is 9.90 Å². The molecule has 4 nitrogen and oxygen atoms in total. The van der Waals surface area contributed by atoms with Gasteiger partial charge in [0.15, 0.2) is 6.10 Å². The summed E-state index contributed by atoms with van der Waals surface area (Å²) in [6, 6.07) is 17.9. The summed E-state index contributed by atoms with van der Waals surface area (Å²) < 4.78 is 10.5. The van der Waals surface area contributed by atoms with Crippen molar-refractivity contribution in [2.75, 3.05) is 6.61 Å². The first-order valence-corrected chi connectivity index (χ1v) is 8.29. The molecular formula is C20H24O4. The lowest BCUT2D eigenvalue weighted by atomic mass is 10.1. The van der Waals surface area contributed by atoms with Crippen LogP contribution in [0.15, 0.2) is 54.6 Å². The molecule has 0 spiro atoms. The van der Waals surface area contributed by atoms with Gasteiger partial charge in [0.25, 0.3) is 0 Å². The average Bonchev–Trinajstić information content (AvgIpc) is 2.62. The van der Waals surface area contributed by atoms with Crippen molar-refractivity contribution in [1.29, 1.82) is 0 Å². The van der Waals surface area contributed by atoms with E-state index >= 15 is 0 Å². The number of rotatable bonds is 9. The molecule has 24 heavy (non-hydrogen) atoms. The van der Waals surface area contributed by atoms with E-state index in [1.54, 1.807) is 6.92 Å². The minimum absolute atomic E-state index is 0.292. The normalized spacial score (nSPS) is 11.8. The third-order valence-electron chi connectivity index (χ3n) is 3.67. The smallest absolute Gasteiger partial charge is 0.334 e. The summed E-state index contributed by atoms with van der Waals surface area (Å²) in [4.78, 5) is 11.3. The first kappa shape index (κ1) is 18.0. The molecule has 2 aromatic rings. The van der Waals surface area contributed by atoms with Gasteiger partial charge in [-0.1, -0.05) is 42.5 Å². The fraction of sp³-hybridized carbons (Fsp3) is 0.350. The standard InChI is InChI=1S/C20H24O4/c1-2-23-20(22)19(21)10-6-9-16-11-13-18(14-12-16)24-15-17-7-4-3-5-8-17/h3-5,7-8,11-14,19,21H,2,6,9-10,15H2,1H3/t19-/m1/s1. The van der Waals surface area contributed by atoms with Gasteiger partial charge in [0.05, 0.1) is 6.61 Å². The Morgan fingerprint density at radius 2 is 1.75 bits per heavy atom. The molecular weight excluding hydrogens is 304 g/mol. The number of aliphatic hydroxyl groups excluding tert-OH is 1. The number of ether oxygens (including phenoxy) is 2. The number of aliphatic hydroxyl groups is 1. The van der Waals surface area contributed by atoms with Gasteiger partial charge in [-0.05, 0) is 49.4 Å². The van der Waals surface area contributed by atoms with E-state index in [4.69, 9.17) is 9.47 Å². The maximum absolute atomic E-state index is 11.3. The van der Waals surface area contributed by atoms with Crippen molar-refractivity contribution < 1.29 is 19.4 Å². The fourth-order valence-corrected chi connectivity index (χ4v) is 2.35. The van der Waals surface area contributed by atoms with Crippen LogP contribution in [0.2, 0.25) is 0 Å². The Morgan fingerprint density at radius 1 is 1.04 bits per heavy atom. The molecule has 0 aliphatic heterocycles. The van der Waals surface area contributed by atoms with E-state index in [1.165, 1.54) is 0 Å². The number of carbonyl (C=O) groups excluding carboxylic acids is 1. The topological polar surface area (TPSA) is 55.8 Å². The lowest BCUT2D eigenvalue weighted by molar-refractivity contribution is -0.153. The Hall–Kier alpha value is -2.33. The highest BCUT2D eigenvalue weighted by Crippen LogP contribution is 2.16. The van der Waals surface area contributed by atoms with Crippen LogP contribution in [0.5, 0.6) is 5.75 Å². The Labute approximate surface area is 143 Å². The summed E-state index contributed by atoms with van der Waals surface area (Å²) >= 11 is 0. The molecule has 0 aromatic heterocycles. The third kappa shape index (κ3) is 6.05. The average molecular weight is 328 g/mol. The summed E-state index contributed by atoms with van der Waals surface area (Å²) in [7, 11) is 0. The van der Waals surface area contributed by atoms with Crippen molar-refractivity contribution in [3.63, 3.8) is 0 Å². The Balaban J connectivity index is 1.73. The molecule has 2 rings (SSSR count). The largest absolute Gasteiger partial charge is 0.489 e. The molecule has 4 heteroatoms. The minimum Gasteiger partial charge on any atom is -0.489 e. The molecule has 0 saturated heterocycles. The highest BCUT2D eigenvalue weighted by Gasteiger charge is 2.15. The lowest BCUT2D eigenvalue weighted by Gasteiger charge is -2.10. The molecule has 128 valence electrons. The quantitative estimate of drug-likeness (QED) is 0.716. The van der Waals surface area contributed by atoms with Gasteiger partial charge in [0, 0.05) is 0 Å². The third-order valence-corrected chi connectivity index (χ3v) is 3.67. The number of hydrogen-bond donors (Lipinski definition) is 1. The van der Waals surface area contributed by atoms with Gasteiger partial charge in [0.1, 0.15) is 12.4 Å². The number of carbonyl (C=O) groups is 1. The van der Waals surface area contributed by atoms with Crippen molar-refractivity contribution in [3.05, 3.63) is 65.7 Å². The molecule has 0 unspecified atom stereocenters. The van der Waals surface area contributed by atoms with E-state index in [1.807, 2.05) is 54.6 Å². The molecule has 1 N–H and O–H groups in total. The molecule has 0 amide bonds. The minimum atomic E-state index is -1.03. The molecule has 2 aromatic carbocycles. The SMILES string of the molecule is CCOC(=O)[C@H](O)CCCc1ccc(OCc2ccccc2)cc1. The maximum Gasteiger partial charge on any atom is 0.334 e. The second kappa shape index (κ2) is 9.73. The van der Waals surface area contributed by atoms with Gasteiger partial charge in [-0.25, -0.2) is 4.79 Å². The molecule has 0 saturated carbocycles. The van der Waals surface area contributed by atoms with E-state index in [-0.39, 0.29) is 0 Å². The molecule has 1 atom stereocenters. The fourth-order valence-electron chi connectivity index (χ4n) is 2.35. The molecule has 0 aliphatic rings. The summed E-state index contributed by atoms with van der Waals surface area (Å²) in [5, 5.41) is 9.65. The van der Waals surface area contributed by atoms with Gasteiger partial charge in [0.2, 0.25) is 0 Å². The van der Waals surface area contributed by atoms with Crippen LogP contribution < -0.4 is 4.74 Å². The Bertz CT molecular complexity index is 607. The van der Waals surface area contributed by atoms with Gasteiger partial charge in [-0.2, -0.15) is 0 Å². The second-order valence-electron chi connectivity index (χ2n) is 5.58. The van der Waals surface area contributed by atoms with E-state index < -0.39 is 12.1 Å². The van der Waals surface area contributed by atoms with Crippen molar-refractivity contribution >= 4 is 5.97 Å². The van der Waals surface area contributed by atoms with Gasteiger partial charge < -0.3 is 14.6 Å². The number of hydrogen-bond acceptors (Lipinski definition) is 4. The molecule has 0 heterocycles. The zero-order valence-electron chi connectivity index (χ0n) is 14.0. The molecule has 0 fully saturated rings. The second-order valence-corrected chi connectivity index (χ2v) is 5.58. The first-order valence-electron chi connectivity index (χ1n) is 8.29. The number of esters is 1. The van der Waals surface area contributed by atoms with E-state index in [0.29, 0.717) is 19.6 Å². The predicted molar refractivity (Wildman–Crippen MR) is 92.8 cm³/mol. The van der Waals surface area contributed by atoms with Crippen LogP contribution >= 0.6 is 0 Å². The predicted octanol–water partition coefficient (Wildman–Crippen LogP) is 3.51. The molecule has 0 bridgehead atoms. The van der Waals surface area contributed by atoms with Crippen LogP contribution in [-0.2, 0) is 22.6 Å². The summed E-state index contributed by atoms with van der Waals surface area (Å²) in [5.41, 5.74) is 2.28. The zero-order valence-corrected chi connectivity index (χ0v) is 14.0.